The van der Waals surface area contributed by atoms with Crippen LogP contribution in [0.3, 0.4) is 0 Å². The number of amides is 1. The van der Waals surface area contributed by atoms with Crippen molar-refractivity contribution < 1.29 is 4.79 Å². The van der Waals surface area contributed by atoms with Gasteiger partial charge in [0.2, 0.25) is 5.91 Å². The number of fused-ring (bicyclic) bond motifs is 3. The van der Waals surface area contributed by atoms with Gasteiger partial charge in [0.05, 0.1) is 6.42 Å². The largest absolute Gasteiger partial charge is 0.384 e. The second-order valence-corrected chi connectivity index (χ2v) is 8.82. The van der Waals surface area contributed by atoms with Gasteiger partial charge in [-0.05, 0) is 56.8 Å². The van der Waals surface area contributed by atoms with Crippen LogP contribution < -0.4 is 5.32 Å². The Labute approximate surface area is 174 Å². The Morgan fingerprint density at radius 1 is 1.07 bits per heavy atom. The van der Waals surface area contributed by atoms with Crippen LogP contribution in [0.15, 0.2) is 42.5 Å². The van der Waals surface area contributed by atoms with Gasteiger partial charge in [0.15, 0.2) is 0 Å². The first-order chi connectivity index (χ1) is 14.0. The third-order valence-corrected chi connectivity index (χ3v) is 6.71. The lowest BCUT2D eigenvalue weighted by Crippen LogP contribution is -2.43. The molecule has 2 aromatic carbocycles. The second-order valence-electron chi connectivity index (χ2n) is 8.82. The van der Waals surface area contributed by atoms with Gasteiger partial charge in [-0.25, -0.2) is 0 Å². The van der Waals surface area contributed by atoms with E-state index in [4.69, 9.17) is 0 Å². The molecule has 4 rings (SSSR count). The summed E-state index contributed by atoms with van der Waals surface area (Å²) in [5, 5.41) is 3.68. The van der Waals surface area contributed by atoms with Gasteiger partial charge in [-0.2, -0.15) is 0 Å². The summed E-state index contributed by atoms with van der Waals surface area (Å²) in [6.07, 6.45) is 4.02. The smallest absolute Gasteiger partial charge is 0.227 e. The van der Waals surface area contributed by atoms with Crippen molar-refractivity contribution in [3.05, 3.63) is 64.7 Å². The molecule has 0 aromatic heterocycles. The van der Waals surface area contributed by atoms with Gasteiger partial charge < -0.3 is 10.2 Å². The number of nitrogens with zero attached hydrogens (tertiary/aromatic N) is 2. The molecule has 0 saturated carbocycles. The summed E-state index contributed by atoms with van der Waals surface area (Å²) in [4.78, 5) is 18.0. The molecule has 2 atom stereocenters. The van der Waals surface area contributed by atoms with Crippen LogP contribution in [0.2, 0.25) is 0 Å². The highest BCUT2D eigenvalue weighted by molar-refractivity contribution is 5.79. The van der Waals surface area contributed by atoms with E-state index in [9.17, 15) is 4.79 Å². The number of likely N-dealkylation sites (N-methyl/N-ethyl adjacent to an activating group) is 1. The zero-order valence-electron chi connectivity index (χ0n) is 17.9. The van der Waals surface area contributed by atoms with E-state index >= 15 is 0 Å². The first-order valence-electron chi connectivity index (χ1n) is 10.9. The Hall–Kier alpha value is -2.33. The summed E-state index contributed by atoms with van der Waals surface area (Å²) in [5.74, 6) is 0.221. The molecule has 4 heteroatoms. The molecule has 1 fully saturated rings. The average Bonchev–Trinajstić information content (AvgIpc) is 3.01. The number of benzene rings is 2. The maximum atomic E-state index is 13.4. The van der Waals surface area contributed by atoms with Crippen molar-refractivity contribution in [3.63, 3.8) is 0 Å². The first-order valence-corrected chi connectivity index (χ1v) is 10.9. The van der Waals surface area contributed by atoms with Crippen LogP contribution in [0, 0.1) is 13.8 Å². The first kappa shape index (κ1) is 20.0. The van der Waals surface area contributed by atoms with Gasteiger partial charge in [-0.1, -0.05) is 48.0 Å². The summed E-state index contributed by atoms with van der Waals surface area (Å²) in [6.45, 7) is 6.70. The fourth-order valence-electron chi connectivity index (χ4n) is 4.96. The Morgan fingerprint density at radius 2 is 1.86 bits per heavy atom. The predicted octanol–water partition coefficient (Wildman–Crippen LogP) is 4.15. The maximum absolute atomic E-state index is 13.4. The van der Waals surface area contributed by atoms with Crippen molar-refractivity contribution in [2.45, 2.75) is 58.2 Å². The standard InChI is InChI=1S/C25H33N3O/c1-18-6-4-8-20(14-18)15-24(29)28-16-21-9-5-7-19(2)25(21)26-13-12-22-10-11-23(17-28)27(22)3/h4-9,14,22-23,26H,10-13,15-17H2,1-3H3. The quantitative estimate of drug-likeness (QED) is 0.835. The molecule has 1 saturated heterocycles. The van der Waals surface area contributed by atoms with Crippen LogP contribution in [0.1, 0.15) is 41.5 Å². The molecule has 2 bridgehead atoms. The van der Waals surface area contributed by atoms with Crippen molar-refractivity contribution in [2.75, 3.05) is 25.5 Å². The molecular weight excluding hydrogens is 358 g/mol. The lowest BCUT2D eigenvalue weighted by atomic mass is 10.0. The molecule has 0 radical (unpaired) electrons. The Balaban J connectivity index is 1.63. The highest BCUT2D eigenvalue weighted by Crippen LogP contribution is 2.29. The average molecular weight is 392 g/mol. The molecule has 2 aliphatic rings. The lowest BCUT2D eigenvalue weighted by molar-refractivity contribution is -0.131. The normalized spacial score (nSPS) is 22.5. The molecule has 0 spiro atoms. The molecule has 2 aliphatic heterocycles. The third-order valence-electron chi connectivity index (χ3n) is 6.71. The number of rotatable bonds is 2. The maximum Gasteiger partial charge on any atom is 0.227 e. The minimum absolute atomic E-state index is 0.221. The number of nitrogens with one attached hydrogen (secondary N) is 1. The third kappa shape index (κ3) is 4.48. The highest BCUT2D eigenvalue weighted by atomic mass is 16.2. The fourth-order valence-corrected chi connectivity index (χ4v) is 4.96. The second kappa shape index (κ2) is 8.58. The van der Waals surface area contributed by atoms with Crippen molar-refractivity contribution in [1.82, 2.24) is 9.80 Å². The molecule has 1 amide bonds. The Morgan fingerprint density at radius 3 is 2.69 bits per heavy atom. The lowest BCUT2D eigenvalue weighted by Gasteiger charge is -2.31. The summed E-state index contributed by atoms with van der Waals surface area (Å²) >= 11 is 0. The summed E-state index contributed by atoms with van der Waals surface area (Å²) in [6, 6.07) is 15.8. The van der Waals surface area contributed by atoms with Crippen molar-refractivity contribution in [3.8, 4) is 0 Å². The van der Waals surface area contributed by atoms with Crippen LogP contribution in [-0.4, -0.2) is 47.9 Å². The van der Waals surface area contributed by atoms with E-state index in [0.717, 1.165) is 25.1 Å². The zero-order valence-corrected chi connectivity index (χ0v) is 17.9. The molecule has 4 nitrogen and oxygen atoms in total. The topological polar surface area (TPSA) is 35.6 Å². The number of carbonyl (C=O) groups excluding carboxylic acids is 1. The van der Waals surface area contributed by atoms with Gasteiger partial charge in [0.1, 0.15) is 0 Å². The van der Waals surface area contributed by atoms with Crippen molar-refractivity contribution in [2.24, 2.45) is 0 Å². The number of hydrogen-bond donors (Lipinski definition) is 1. The van der Waals surface area contributed by atoms with E-state index in [2.05, 4.69) is 72.4 Å². The SMILES string of the molecule is Cc1cccc(CC(=O)N2Cc3cccc(C)c3NCCC3CCC(C2)N3C)c1. The molecule has 29 heavy (non-hydrogen) atoms. The monoisotopic (exact) mass is 391 g/mol. The predicted molar refractivity (Wildman–Crippen MR) is 119 cm³/mol. The van der Waals surface area contributed by atoms with Crippen LogP contribution in [-0.2, 0) is 17.8 Å². The van der Waals surface area contributed by atoms with E-state index in [0.29, 0.717) is 25.0 Å². The highest BCUT2D eigenvalue weighted by Gasteiger charge is 2.33. The van der Waals surface area contributed by atoms with Gasteiger partial charge in [-0.3, -0.25) is 9.69 Å². The van der Waals surface area contributed by atoms with Gasteiger partial charge in [0, 0.05) is 37.4 Å². The summed E-state index contributed by atoms with van der Waals surface area (Å²) < 4.78 is 0. The van der Waals surface area contributed by atoms with Crippen LogP contribution in [0.25, 0.3) is 0 Å². The zero-order chi connectivity index (χ0) is 20.4. The van der Waals surface area contributed by atoms with Crippen molar-refractivity contribution >= 4 is 11.6 Å². The van der Waals surface area contributed by atoms with E-state index in [1.54, 1.807) is 0 Å². The van der Waals surface area contributed by atoms with Crippen LogP contribution in [0.5, 0.6) is 0 Å². The molecule has 0 aliphatic carbocycles. The number of para-hydroxylation sites is 1. The number of carbonyl (C=O) groups is 1. The molecule has 2 aromatic rings. The molecule has 1 N–H and O–H groups in total. The Kier molecular flexibility index (Phi) is 5.91. The van der Waals surface area contributed by atoms with Crippen LogP contribution >= 0.6 is 0 Å². The molecule has 154 valence electrons. The summed E-state index contributed by atoms with van der Waals surface area (Å²) in [5.41, 5.74) is 6.00. The number of anilines is 1. The minimum Gasteiger partial charge on any atom is -0.384 e. The minimum atomic E-state index is 0.221. The van der Waals surface area contributed by atoms with Crippen LogP contribution in [0.4, 0.5) is 5.69 Å². The summed E-state index contributed by atoms with van der Waals surface area (Å²) in [7, 11) is 2.24. The van der Waals surface area contributed by atoms with E-state index < -0.39 is 0 Å². The van der Waals surface area contributed by atoms with E-state index in [1.165, 1.54) is 35.2 Å². The fraction of sp³-hybridized carbons (Fsp3) is 0.480. The number of hydrogen-bond acceptors (Lipinski definition) is 3. The van der Waals surface area contributed by atoms with Gasteiger partial charge in [-0.15, -0.1) is 0 Å². The van der Waals surface area contributed by atoms with Crippen molar-refractivity contribution in [1.29, 1.82) is 0 Å². The van der Waals surface area contributed by atoms with E-state index in [1.807, 2.05) is 6.07 Å². The molecular formula is C25H33N3O. The molecule has 2 heterocycles. The molecule has 2 unspecified atom stereocenters. The Bertz CT molecular complexity index is 878. The van der Waals surface area contributed by atoms with Gasteiger partial charge in [0.25, 0.3) is 0 Å². The van der Waals surface area contributed by atoms with E-state index in [-0.39, 0.29) is 5.91 Å². The van der Waals surface area contributed by atoms with Gasteiger partial charge >= 0.3 is 0 Å². The number of aryl methyl sites for hydroxylation is 2.